The number of ether oxygens (including phenoxy) is 3. The molecular formula is C13H18N2O4S. The van der Waals surface area contributed by atoms with Crippen LogP contribution in [0.1, 0.15) is 17.3 Å². The zero-order valence-corrected chi connectivity index (χ0v) is 12.7. The van der Waals surface area contributed by atoms with Crippen molar-refractivity contribution in [2.24, 2.45) is 5.73 Å². The van der Waals surface area contributed by atoms with Gasteiger partial charge in [-0.05, 0) is 19.1 Å². The SMILES string of the molecule is COc1ccc(C(=O)NC(C)C(N)=S)c(OC)c1OC. The highest BCUT2D eigenvalue weighted by atomic mass is 32.1. The topological polar surface area (TPSA) is 82.8 Å². The fourth-order valence-corrected chi connectivity index (χ4v) is 1.68. The Balaban J connectivity index is 3.18. The van der Waals surface area contributed by atoms with Crippen LogP contribution < -0.4 is 25.3 Å². The van der Waals surface area contributed by atoms with Gasteiger partial charge in [0.2, 0.25) is 5.75 Å². The van der Waals surface area contributed by atoms with Crippen molar-refractivity contribution in [2.75, 3.05) is 21.3 Å². The van der Waals surface area contributed by atoms with Crippen LogP contribution >= 0.6 is 12.2 Å². The minimum absolute atomic E-state index is 0.206. The molecule has 0 spiro atoms. The molecule has 1 atom stereocenters. The third kappa shape index (κ3) is 3.30. The molecule has 0 bridgehead atoms. The second-order valence-corrected chi connectivity index (χ2v) is 4.45. The molecule has 0 saturated heterocycles. The third-order valence-electron chi connectivity index (χ3n) is 2.72. The lowest BCUT2D eigenvalue weighted by Gasteiger charge is -2.17. The van der Waals surface area contributed by atoms with Gasteiger partial charge in [-0.2, -0.15) is 0 Å². The molecule has 20 heavy (non-hydrogen) atoms. The van der Waals surface area contributed by atoms with Crippen molar-refractivity contribution in [3.05, 3.63) is 17.7 Å². The van der Waals surface area contributed by atoms with E-state index in [-0.39, 0.29) is 10.9 Å². The lowest BCUT2D eigenvalue weighted by atomic mass is 10.1. The largest absolute Gasteiger partial charge is 0.493 e. The number of hydrogen-bond donors (Lipinski definition) is 2. The van der Waals surface area contributed by atoms with Gasteiger partial charge in [-0.1, -0.05) is 12.2 Å². The summed E-state index contributed by atoms with van der Waals surface area (Å²) < 4.78 is 15.6. The Morgan fingerprint density at radius 3 is 2.25 bits per heavy atom. The number of benzene rings is 1. The fraction of sp³-hybridized carbons (Fsp3) is 0.385. The van der Waals surface area contributed by atoms with Gasteiger partial charge >= 0.3 is 0 Å². The summed E-state index contributed by atoms with van der Waals surface area (Å²) >= 11 is 4.82. The van der Waals surface area contributed by atoms with Gasteiger partial charge in [-0.3, -0.25) is 4.79 Å². The second-order valence-electron chi connectivity index (χ2n) is 3.98. The first-order valence-corrected chi connectivity index (χ1v) is 6.26. The number of nitrogens with one attached hydrogen (secondary N) is 1. The summed E-state index contributed by atoms with van der Waals surface area (Å²) in [6.07, 6.45) is 0. The summed E-state index contributed by atoms with van der Waals surface area (Å²) in [6, 6.07) is 2.79. The van der Waals surface area contributed by atoms with Gasteiger partial charge in [-0.15, -0.1) is 0 Å². The number of rotatable bonds is 6. The number of methoxy groups -OCH3 is 3. The molecule has 0 aliphatic rings. The summed E-state index contributed by atoms with van der Waals surface area (Å²) in [5.41, 5.74) is 5.79. The first-order valence-electron chi connectivity index (χ1n) is 5.85. The summed E-state index contributed by atoms with van der Waals surface area (Å²) in [7, 11) is 4.43. The Hall–Kier alpha value is -2.02. The van der Waals surface area contributed by atoms with Crippen molar-refractivity contribution in [3.63, 3.8) is 0 Å². The van der Waals surface area contributed by atoms with Crippen LogP contribution in [0.15, 0.2) is 12.1 Å². The smallest absolute Gasteiger partial charge is 0.255 e. The average Bonchev–Trinajstić information content (AvgIpc) is 2.44. The van der Waals surface area contributed by atoms with Gasteiger partial charge in [0.25, 0.3) is 5.91 Å². The molecule has 0 aliphatic heterocycles. The van der Waals surface area contributed by atoms with Crippen LogP contribution in [0.3, 0.4) is 0 Å². The van der Waals surface area contributed by atoms with Crippen LogP contribution in [0.4, 0.5) is 0 Å². The Bertz CT molecular complexity index is 519. The highest BCUT2D eigenvalue weighted by Gasteiger charge is 2.21. The van der Waals surface area contributed by atoms with E-state index in [1.165, 1.54) is 21.3 Å². The fourth-order valence-electron chi connectivity index (χ4n) is 1.63. The van der Waals surface area contributed by atoms with Gasteiger partial charge in [0.1, 0.15) is 0 Å². The molecule has 0 fully saturated rings. The van der Waals surface area contributed by atoms with Crippen molar-refractivity contribution in [2.45, 2.75) is 13.0 Å². The van der Waals surface area contributed by atoms with Crippen LogP contribution in [-0.4, -0.2) is 38.3 Å². The van der Waals surface area contributed by atoms with E-state index in [0.717, 1.165) is 0 Å². The zero-order chi connectivity index (χ0) is 15.3. The highest BCUT2D eigenvalue weighted by Crippen LogP contribution is 2.39. The van der Waals surface area contributed by atoms with E-state index >= 15 is 0 Å². The van der Waals surface area contributed by atoms with Gasteiger partial charge < -0.3 is 25.3 Å². The Labute approximate surface area is 123 Å². The molecule has 0 aliphatic carbocycles. The molecule has 3 N–H and O–H groups in total. The van der Waals surface area contributed by atoms with E-state index in [0.29, 0.717) is 22.8 Å². The monoisotopic (exact) mass is 298 g/mol. The predicted molar refractivity (Wildman–Crippen MR) is 79.8 cm³/mol. The quantitative estimate of drug-likeness (QED) is 0.766. The maximum absolute atomic E-state index is 12.2. The Kier molecular flexibility index (Phi) is 5.57. The van der Waals surface area contributed by atoms with Crippen LogP contribution in [0.2, 0.25) is 0 Å². The number of carbonyl (C=O) groups excluding carboxylic acids is 1. The van der Waals surface area contributed by atoms with Gasteiger partial charge in [0, 0.05) is 0 Å². The number of nitrogens with two attached hydrogens (primary N) is 1. The van der Waals surface area contributed by atoms with Crippen molar-refractivity contribution in [1.82, 2.24) is 5.32 Å². The standard InChI is InChI=1S/C13H18N2O4S/c1-7(12(14)20)15-13(16)8-5-6-9(17-2)11(19-4)10(8)18-3/h5-7H,1-4H3,(H2,14,20)(H,15,16). The molecule has 0 saturated carbocycles. The first-order chi connectivity index (χ1) is 9.46. The number of amides is 1. The van der Waals surface area contributed by atoms with E-state index in [1.54, 1.807) is 19.1 Å². The maximum Gasteiger partial charge on any atom is 0.255 e. The van der Waals surface area contributed by atoms with Crippen LogP contribution in [0, 0.1) is 0 Å². The van der Waals surface area contributed by atoms with Crippen LogP contribution in [0.5, 0.6) is 17.2 Å². The van der Waals surface area contributed by atoms with Gasteiger partial charge in [0.15, 0.2) is 11.5 Å². The molecule has 0 radical (unpaired) electrons. The molecule has 1 rings (SSSR count). The van der Waals surface area contributed by atoms with E-state index < -0.39 is 6.04 Å². The van der Waals surface area contributed by atoms with Crippen LogP contribution in [0.25, 0.3) is 0 Å². The van der Waals surface area contributed by atoms with Crippen molar-refractivity contribution in [3.8, 4) is 17.2 Å². The second kappa shape index (κ2) is 6.95. The van der Waals surface area contributed by atoms with E-state index in [2.05, 4.69) is 5.32 Å². The molecule has 1 amide bonds. The predicted octanol–water partition coefficient (Wildman–Crippen LogP) is 1.12. The molecule has 1 aromatic carbocycles. The zero-order valence-electron chi connectivity index (χ0n) is 11.9. The van der Waals surface area contributed by atoms with Crippen molar-refractivity contribution < 1.29 is 19.0 Å². The number of hydrogen-bond acceptors (Lipinski definition) is 5. The Morgan fingerprint density at radius 2 is 1.80 bits per heavy atom. The van der Waals surface area contributed by atoms with Crippen molar-refractivity contribution >= 4 is 23.1 Å². The maximum atomic E-state index is 12.2. The summed E-state index contributed by atoms with van der Waals surface area (Å²) in [4.78, 5) is 12.4. The Morgan fingerprint density at radius 1 is 1.20 bits per heavy atom. The molecule has 7 heteroatoms. The number of thiocarbonyl (C=S) groups is 1. The number of carbonyl (C=O) groups is 1. The molecule has 1 aromatic rings. The molecule has 1 unspecified atom stereocenters. The summed E-state index contributed by atoms with van der Waals surface area (Å²) in [6.45, 7) is 1.70. The molecule has 6 nitrogen and oxygen atoms in total. The molecule has 0 aromatic heterocycles. The van der Waals surface area contributed by atoms with E-state index in [1.807, 2.05) is 0 Å². The molecule has 110 valence electrons. The van der Waals surface area contributed by atoms with Crippen LogP contribution in [-0.2, 0) is 0 Å². The normalized spacial score (nSPS) is 11.4. The van der Waals surface area contributed by atoms with E-state index in [4.69, 9.17) is 32.2 Å². The van der Waals surface area contributed by atoms with Crippen molar-refractivity contribution in [1.29, 1.82) is 0 Å². The average molecular weight is 298 g/mol. The van der Waals surface area contributed by atoms with Gasteiger partial charge in [0.05, 0.1) is 37.9 Å². The van der Waals surface area contributed by atoms with Gasteiger partial charge in [-0.25, -0.2) is 0 Å². The summed E-state index contributed by atoms with van der Waals surface area (Å²) in [5, 5.41) is 2.68. The lowest BCUT2D eigenvalue weighted by molar-refractivity contribution is 0.0945. The summed E-state index contributed by atoms with van der Waals surface area (Å²) in [5.74, 6) is 0.761. The molecule has 0 heterocycles. The highest BCUT2D eigenvalue weighted by molar-refractivity contribution is 7.80. The molecular weight excluding hydrogens is 280 g/mol. The minimum atomic E-state index is -0.421. The minimum Gasteiger partial charge on any atom is -0.493 e. The lowest BCUT2D eigenvalue weighted by Crippen LogP contribution is -2.41. The van der Waals surface area contributed by atoms with E-state index in [9.17, 15) is 4.79 Å². The third-order valence-corrected chi connectivity index (χ3v) is 3.08. The first kappa shape index (κ1) is 16.0.